The Hall–Kier alpha value is -5.00. The summed E-state index contributed by atoms with van der Waals surface area (Å²) < 4.78 is 55.0. The van der Waals surface area contributed by atoms with Gasteiger partial charge >= 0.3 is 6.03 Å². The number of aromatic nitrogens is 2. The molecule has 50 heavy (non-hydrogen) atoms. The number of anilines is 1. The highest BCUT2D eigenvalue weighted by Crippen LogP contribution is 2.48. The van der Waals surface area contributed by atoms with E-state index < -0.39 is 27.7 Å². The number of nitrogens with one attached hydrogen (secondary N) is 2. The molecule has 3 atom stereocenters. The maximum absolute atomic E-state index is 15.8. The van der Waals surface area contributed by atoms with Gasteiger partial charge in [0, 0.05) is 25.6 Å². The van der Waals surface area contributed by atoms with Crippen LogP contribution in [0.15, 0.2) is 108 Å². The van der Waals surface area contributed by atoms with E-state index in [-0.39, 0.29) is 36.3 Å². The molecule has 4 aromatic carbocycles. The van der Waals surface area contributed by atoms with E-state index in [2.05, 4.69) is 16.5 Å². The summed E-state index contributed by atoms with van der Waals surface area (Å²) in [5.41, 5.74) is 4.59. The number of ether oxygens (including phenoxy) is 2. The molecule has 2 N–H and O–H groups in total. The van der Waals surface area contributed by atoms with Gasteiger partial charge in [0.25, 0.3) is 0 Å². The summed E-state index contributed by atoms with van der Waals surface area (Å²) in [6.07, 6.45) is 2.99. The van der Waals surface area contributed by atoms with Crippen molar-refractivity contribution in [3.63, 3.8) is 0 Å². The summed E-state index contributed by atoms with van der Waals surface area (Å²) in [5.74, 6) is 0.154. The van der Waals surface area contributed by atoms with Gasteiger partial charge in [0.15, 0.2) is 9.92 Å². The number of benzene rings is 4. The largest absolute Gasteiger partial charge is 0.474 e. The smallest absolute Gasteiger partial charge is 0.336 e. The molecule has 11 heteroatoms. The van der Waals surface area contributed by atoms with Crippen molar-refractivity contribution >= 4 is 21.6 Å². The molecule has 0 saturated carbocycles. The number of carbonyl (C=O) groups is 1. The van der Waals surface area contributed by atoms with Crippen LogP contribution >= 0.6 is 0 Å². The van der Waals surface area contributed by atoms with Crippen LogP contribution in [0.1, 0.15) is 45.4 Å². The molecule has 2 heterocycles. The zero-order valence-corrected chi connectivity index (χ0v) is 28.5. The predicted octanol–water partition coefficient (Wildman–Crippen LogP) is 7.06. The molecule has 5 aromatic rings. The fraction of sp³-hybridized carbons (Fsp3) is 0.282. The maximum Gasteiger partial charge on any atom is 0.336 e. The van der Waals surface area contributed by atoms with Crippen molar-refractivity contribution in [2.45, 2.75) is 61.4 Å². The van der Waals surface area contributed by atoms with E-state index >= 15 is 9.00 Å². The Kier molecular flexibility index (Phi) is 8.19. The number of hydrogen-bond acceptors (Lipinski definition) is 6. The number of nitrogens with zero attached hydrogens (tertiary/aromatic N) is 3. The van der Waals surface area contributed by atoms with Gasteiger partial charge in [-0.05, 0) is 58.2 Å². The summed E-state index contributed by atoms with van der Waals surface area (Å²) in [4.78, 5) is 15.5. The van der Waals surface area contributed by atoms with E-state index in [1.165, 1.54) is 15.2 Å². The molecule has 0 fully saturated rings. The van der Waals surface area contributed by atoms with Crippen molar-refractivity contribution in [3.8, 4) is 5.88 Å². The molecule has 3 aliphatic rings. The van der Waals surface area contributed by atoms with Crippen LogP contribution < -0.4 is 10.1 Å². The lowest BCUT2D eigenvalue weighted by Crippen LogP contribution is -2.55. The Labute approximate surface area is 291 Å². The highest BCUT2D eigenvalue weighted by molar-refractivity contribution is 7.90. The normalized spacial score (nSPS) is 19.1. The molecule has 0 radical (unpaired) electrons. The highest BCUT2D eigenvalue weighted by Gasteiger charge is 2.51. The molecule has 256 valence electrons. The van der Waals surface area contributed by atoms with Crippen LogP contribution in [0, 0.1) is 4.78 Å². The Morgan fingerprint density at radius 2 is 1.58 bits per heavy atom. The molecule has 1 aliphatic heterocycles. The Morgan fingerprint density at radius 1 is 0.960 bits per heavy atom. The monoisotopic (exact) mass is 691 g/mol. The fourth-order valence-corrected chi connectivity index (χ4v) is 9.71. The average Bonchev–Trinajstić information content (AvgIpc) is 3.89. The van der Waals surface area contributed by atoms with Crippen LogP contribution in [0.25, 0.3) is 0 Å². The molecular formula is C39H38FN5O4S. The van der Waals surface area contributed by atoms with Crippen molar-refractivity contribution in [3.05, 3.63) is 142 Å². The van der Waals surface area contributed by atoms with Gasteiger partial charge in [-0.15, -0.1) is 0 Å². The van der Waals surface area contributed by atoms with E-state index in [0.717, 1.165) is 41.5 Å². The summed E-state index contributed by atoms with van der Waals surface area (Å²) in [5, 5.41) is 7.64. The van der Waals surface area contributed by atoms with Gasteiger partial charge < -0.3 is 14.8 Å². The highest BCUT2D eigenvalue weighted by atomic mass is 32.2. The van der Waals surface area contributed by atoms with Crippen LogP contribution in [0.5, 0.6) is 5.88 Å². The molecule has 2 amide bonds. The lowest BCUT2D eigenvalue weighted by atomic mass is 9.77. The third-order valence-corrected chi connectivity index (χ3v) is 12.0. The van der Waals surface area contributed by atoms with Gasteiger partial charge in [-0.1, -0.05) is 97.1 Å². The third-order valence-electron chi connectivity index (χ3n) is 10.2. The maximum atomic E-state index is 15.8. The van der Waals surface area contributed by atoms with Crippen LogP contribution in [0.4, 0.5) is 14.9 Å². The third kappa shape index (κ3) is 5.18. The standard InChI is InChI=1S/C39H38FN5O4S/c1-48-32-24-44-37(49-25-32)35(23-42-44)50(41,47)45(38(46)43-36-33-19-11-12-26(33)20-27-21-31(40)22-34(27)36)39(28-13-5-2-6-14-28,29-15-7-3-8-16-29)30-17-9-4-10-18-30/h2-10,13-18,20,23,31-32,41H,11-12,19,21-22,24-25H2,1H3,(H,43,46)/t31-,32+,50?/m1/s1. The van der Waals surface area contributed by atoms with E-state index in [9.17, 15) is 9.17 Å². The molecule has 2 aliphatic carbocycles. The SMILES string of the molecule is CO[C@@H]1COc2c(S(=N)(=O)N(C(=O)Nc3c4c(cc5c3C[C@H](F)C5)CCC4)C(c3ccccc3)(c3ccccc3)c3ccccc3)cnn2C1. The topological polar surface area (TPSA) is 110 Å². The number of fused-ring (bicyclic) bond motifs is 3. The van der Waals surface area contributed by atoms with Crippen molar-refractivity contribution in [1.29, 1.82) is 4.78 Å². The zero-order valence-electron chi connectivity index (χ0n) is 27.7. The number of carbonyl (C=O) groups excluding carboxylic acids is 1. The number of methoxy groups -OCH3 is 1. The summed E-state index contributed by atoms with van der Waals surface area (Å²) in [6.45, 7) is 0.506. The number of halogens is 1. The van der Waals surface area contributed by atoms with Crippen molar-refractivity contribution in [1.82, 2.24) is 14.1 Å². The minimum Gasteiger partial charge on any atom is -0.474 e. The number of hydrogen-bond donors (Lipinski definition) is 2. The van der Waals surface area contributed by atoms with Gasteiger partial charge in [-0.25, -0.2) is 27.2 Å². The minimum absolute atomic E-state index is 0.0262. The number of aryl methyl sites for hydroxylation is 1. The van der Waals surface area contributed by atoms with Gasteiger partial charge in [-0.2, -0.15) is 5.10 Å². The quantitative estimate of drug-likeness (QED) is 0.169. The predicted molar refractivity (Wildman–Crippen MR) is 188 cm³/mol. The molecule has 1 unspecified atom stereocenters. The second-order valence-corrected chi connectivity index (χ2v) is 15.0. The Bertz CT molecular complexity index is 2060. The number of alkyl halides is 1. The summed E-state index contributed by atoms with van der Waals surface area (Å²) in [6, 6.07) is 29.5. The lowest BCUT2D eigenvalue weighted by molar-refractivity contribution is 0.0165. The van der Waals surface area contributed by atoms with Crippen LogP contribution in [0.3, 0.4) is 0 Å². The number of rotatable bonds is 8. The second kappa shape index (κ2) is 12.7. The van der Waals surface area contributed by atoms with Crippen molar-refractivity contribution in [2.75, 3.05) is 19.0 Å². The minimum atomic E-state index is -4.29. The van der Waals surface area contributed by atoms with Gasteiger partial charge in [-0.3, -0.25) is 0 Å². The van der Waals surface area contributed by atoms with Crippen molar-refractivity contribution in [2.24, 2.45) is 0 Å². The van der Waals surface area contributed by atoms with Gasteiger partial charge in [0.2, 0.25) is 5.88 Å². The molecule has 0 saturated heterocycles. The molecule has 8 rings (SSSR count). The first-order valence-corrected chi connectivity index (χ1v) is 18.4. The van der Waals surface area contributed by atoms with Crippen LogP contribution in [-0.4, -0.2) is 50.3 Å². The van der Waals surface area contributed by atoms with Crippen LogP contribution in [-0.2, 0) is 52.4 Å². The van der Waals surface area contributed by atoms with E-state index in [4.69, 9.17) is 9.47 Å². The van der Waals surface area contributed by atoms with Crippen molar-refractivity contribution < 1.29 is 22.9 Å². The molecule has 9 nitrogen and oxygen atoms in total. The van der Waals surface area contributed by atoms with E-state index in [0.29, 0.717) is 28.9 Å². The Balaban J connectivity index is 1.40. The Morgan fingerprint density at radius 3 is 2.18 bits per heavy atom. The second-order valence-electron chi connectivity index (χ2n) is 13.1. The molecule has 0 spiro atoms. The average molecular weight is 692 g/mol. The first-order valence-electron chi connectivity index (χ1n) is 16.9. The van der Waals surface area contributed by atoms with Gasteiger partial charge in [0.1, 0.15) is 29.3 Å². The number of amides is 2. The fourth-order valence-electron chi connectivity index (χ4n) is 7.94. The number of urea groups is 1. The lowest BCUT2D eigenvalue weighted by Gasteiger charge is -2.45. The summed E-state index contributed by atoms with van der Waals surface area (Å²) in [7, 11) is -2.70. The van der Waals surface area contributed by atoms with E-state index in [1.54, 1.807) is 7.11 Å². The molecular weight excluding hydrogens is 654 g/mol. The molecule has 0 bridgehead atoms. The van der Waals surface area contributed by atoms with Gasteiger partial charge in [0.05, 0.1) is 12.7 Å². The summed E-state index contributed by atoms with van der Waals surface area (Å²) >= 11 is 0. The van der Waals surface area contributed by atoms with Crippen LogP contribution in [0.2, 0.25) is 0 Å². The first kappa shape index (κ1) is 32.2. The first-order chi connectivity index (χ1) is 24.3. The molecule has 1 aromatic heterocycles. The van der Waals surface area contributed by atoms with E-state index in [1.807, 2.05) is 91.0 Å². The zero-order chi connectivity index (χ0) is 34.5.